The minimum absolute atomic E-state index is 0.136. The van der Waals surface area contributed by atoms with Crippen LogP contribution in [0.4, 0.5) is 0 Å². The Bertz CT molecular complexity index is 796. The Kier molecular flexibility index (Phi) is 6.96. The first kappa shape index (κ1) is 21.0. The van der Waals surface area contributed by atoms with Crippen molar-refractivity contribution in [2.45, 2.75) is 38.5 Å². The second-order valence-electron chi connectivity index (χ2n) is 7.37. The van der Waals surface area contributed by atoms with E-state index in [-0.39, 0.29) is 11.8 Å². The van der Waals surface area contributed by atoms with Crippen molar-refractivity contribution >= 4 is 17.9 Å². The van der Waals surface area contributed by atoms with E-state index in [1.807, 2.05) is 6.08 Å². The van der Waals surface area contributed by atoms with Crippen molar-refractivity contribution in [3.63, 3.8) is 0 Å². The van der Waals surface area contributed by atoms with Crippen LogP contribution < -0.4 is 14.2 Å². The van der Waals surface area contributed by atoms with Crippen LogP contribution in [-0.2, 0) is 9.59 Å². The molecule has 0 N–H and O–H groups in total. The fourth-order valence-electron chi connectivity index (χ4n) is 4.11. The molecule has 1 aliphatic heterocycles. The van der Waals surface area contributed by atoms with E-state index in [1.54, 1.807) is 39.5 Å². The summed E-state index contributed by atoms with van der Waals surface area (Å²) < 4.78 is 16.0. The van der Waals surface area contributed by atoms with E-state index in [2.05, 4.69) is 0 Å². The number of rotatable bonds is 6. The lowest BCUT2D eigenvalue weighted by molar-refractivity contribution is -0.140. The molecule has 0 atom stereocenters. The molecule has 0 bridgehead atoms. The maximum Gasteiger partial charge on any atom is 0.256 e. The summed E-state index contributed by atoms with van der Waals surface area (Å²) >= 11 is 0. The molecule has 6 heteroatoms. The first-order chi connectivity index (χ1) is 14.1. The second-order valence-corrected chi connectivity index (χ2v) is 7.37. The topological polar surface area (TPSA) is 65.1 Å². The first-order valence-corrected chi connectivity index (χ1v) is 10.1. The molecule has 6 nitrogen and oxygen atoms in total. The van der Waals surface area contributed by atoms with E-state index < -0.39 is 0 Å². The summed E-state index contributed by atoms with van der Waals surface area (Å²) in [5.74, 6) is 1.37. The highest BCUT2D eigenvalue weighted by Crippen LogP contribution is 2.38. The van der Waals surface area contributed by atoms with Gasteiger partial charge in [0.1, 0.15) is 0 Å². The smallest absolute Gasteiger partial charge is 0.256 e. The lowest BCUT2D eigenvalue weighted by Crippen LogP contribution is -2.41. The molecule has 0 unspecified atom stereocenters. The van der Waals surface area contributed by atoms with Gasteiger partial charge in [0.2, 0.25) is 5.75 Å². The number of methoxy groups -OCH3 is 3. The van der Waals surface area contributed by atoms with Crippen LogP contribution in [0, 0.1) is 5.92 Å². The molecule has 1 heterocycles. The van der Waals surface area contributed by atoms with Crippen LogP contribution in [-0.4, -0.2) is 44.6 Å². The number of carbonyl (C=O) groups excluding carboxylic acids is 2. The van der Waals surface area contributed by atoms with Gasteiger partial charge in [-0.2, -0.15) is 0 Å². The predicted molar refractivity (Wildman–Crippen MR) is 111 cm³/mol. The van der Waals surface area contributed by atoms with Gasteiger partial charge in [0.25, 0.3) is 11.8 Å². The molecule has 0 saturated heterocycles. The monoisotopic (exact) mass is 399 g/mol. The Morgan fingerprint density at radius 2 is 1.69 bits per heavy atom. The Labute approximate surface area is 172 Å². The molecule has 0 radical (unpaired) electrons. The summed E-state index contributed by atoms with van der Waals surface area (Å²) in [6.45, 7) is 0.424. The van der Waals surface area contributed by atoms with E-state index in [0.717, 1.165) is 43.2 Å². The molecule has 3 rings (SSSR count). The Balaban J connectivity index is 1.75. The molecule has 1 aromatic carbocycles. The summed E-state index contributed by atoms with van der Waals surface area (Å²) in [4.78, 5) is 27.0. The number of hydrogen-bond acceptors (Lipinski definition) is 5. The molecular weight excluding hydrogens is 370 g/mol. The molecule has 2 aliphatic rings. The molecule has 1 aromatic rings. The number of nitrogens with zero attached hydrogens (tertiary/aromatic N) is 1. The van der Waals surface area contributed by atoms with Gasteiger partial charge >= 0.3 is 0 Å². The molecule has 1 aliphatic carbocycles. The van der Waals surface area contributed by atoms with Crippen LogP contribution in [0.15, 0.2) is 29.9 Å². The molecule has 0 spiro atoms. The highest BCUT2D eigenvalue weighted by molar-refractivity contribution is 6.09. The van der Waals surface area contributed by atoms with Crippen LogP contribution in [0.5, 0.6) is 17.2 Å². The number of hydrogen-bond donors (Lipinski definition) is 0. The summed E-state index contributed by atoms with van der Waals surface area (Å²) in [6, 6.07) is 3.52. The molecule has 156 valence electrons. The van der Waals surface area contributed by atoms with Crippen molar-refractivity contribution in [3.05, 3.63) is 35.4 Å². The minimum Gasteiger partial charge on any atom is -0.493 e. The van der Waals surface area contributed by atoms with Crippen molar-refractivity contribution in [1.82, 2.24) is 4.90 Å². The third-order valence-corrected chi connectivity index (χ3v) is 5.63. The standard InChI is InChI=1S/C23H29NO5/c1-27-19-14-16(15-20(28-2)22(19)29-3)11-12-21(25)24-13-7-10-18(23(24)26)17-8-5-4-6-9-17/h10-12,14-15,17H,4-9,13H2,1-3H3. The van der Waals surface area contributed by atoms with Crippen molar-refractivity contribution in [3.8, 4) is 17.2 Å². The van der Waals surface area contributed by atoms with Gasteiger partial charge in [0, 0.05) is 18.2 Å². The SMILES string of the molecule is COc1cc(C=CC(=O)N2CCC=C(C3CCCCC3)C2=O)cc(OC)c1OC. The number of carbonyl (C=O) groups is 2. The number of imide groups is 1. The van der Waals surface area contributed by atoms with E-state index in [9.17, 15) is 9.59 Å². The molecule has 0 aromatic heterocycles. The third kappa shape index (κ3) is 4.63. The van der Waals surface area contributed by atoms with E-state index in [1.165, 1.54) is 17.4 Å². The van der Waals surface area contributed by atoms with Gasteiger partial charge in [-0.1, -0.05) is 25.3 Å². The average Bonchev–Trinajstić information content (AvgIpc) is 2.77. The number of amides is 2. The van der Waals surface area contributed by atoms with Crippen LogP contribution in [0.1, 0.15) is 44.1 Å². The van der Waals surface area contributed by atoms with Gasteiger partial charge in [0.15, 0.2) is 11.5 Å². The highest BCUT2D eigenvalue weighted by atomic mass is 16.5. The largest absolute Gasteiger partial charge is 0.493 e. The highest BCUT2D eigenvalue weighted by Gasteiger charge is 2.31. The molecule has 2 amide bonds. The van der Waals surface area contributed by atoms with Gasteiger partial charge in [0.05, 0.1) is 21.3 Å². The van der Waals surface area contributed by atoms with E-state index >= 15 is 0 Å². The maximum absolute atomic E-state index is 12.9. The predicted octanol–water partition coefficient (Wildman–Crippen LogP) is 3.99. The lowest BCUT2D eigenvalue weighted by Gasteiger charge is -2.30. The fourth-order valence-corrected chi connectivity index (χ4v) is 4.11. The maximum atomic E-state index is 12.9. The quantitative estimate of drug-likeness (QED) is 0.677. The van der Waals surface area contributed by atoms with Gasteiger partial charge in [-0.15, -0.1) is 0 Å². The van der Waals surface area contributed by atoms with Gasteiger partial charge in [-0.3, -0.25) is 14.5 Å². The zero-order valence-corrected chi connectivity index (χ0v) is 17.4. The van der Waals surface area contributed by atoms with Crippen LogP contribution in [0.25, 0.3) is 6.08 Å². The molecule has 29 heavy (non-hydrogen) atoms. The Hall–Kier alpha value is -2.76. The summed E-state index contributed by atoms with van der Waals surface area (Å²) in [7, 11) is 4.63. The summed E-state index contributed by atoms with van der Waals surface area (Å²) in [5, 5.41) is 0. The van der Waals surface area contributed by atoms with Crippen molar-refractivity contribution < 1.29 is 23.8 Å². The van der Waals surface area contributed by atoms with Crippen molar-refractivity contribution in [1.29, 1.82) is 0 Å². The summed E-state index contributed by atoms with van der Waals surface area (Å²) in [6.07, 6.45) is 11.5. The van der Waals surface area contributed by atoms with Crippen molar-refractivity contribution in [2.24, 2.45) is 5.92 Å². The lowest BCUT2D eigenvalue weighted by atomic mass is 9.82. The van der Waals surface area contributed by atoms with Crippen molar-refractivity contribution in [2.75, 3.05) is 27.9 Å². The zero-order chi connectivity index (χ0) is 20.8. The van der Waals surface area contributed by atoms with E-state index in [4.69, 9.17) is 14.2 Å². The Morgan fingerprint density at radius 3 is 2.28 bits per heavy atom. The summed E-state index contributed by atoms with van der Waals surface area (Å²) in [5.41, 5.74) is 1.55. The van der Waals surface area contributed by atoms with Crippen LogP contribution in [0.2, 0.25) is 0 Å². The average molecular weight is 399 g/mol. The Morgan fingerprint density at radius 1 is 1.03 bits per heavy atom. The van der Waals surface area contributed by atoms with Gasteiger partial charge in [-0.05, 0) is 49.0 Å². The molecule has 1 saturated carbocycles. The molecular formula is C23H29NO5. The van der Waals surface area contributed by atoms with Gasteiger partial charge < -0.3 is 14.2 Å². The second kappa shape index (κ2) is 9.63. The first-order valence-electron chi connectivity index (χ1n) is 10.1. The minimum atomic E-state index is -0.301. The van der Waals surface area contributed by atoms with Crippen LogP contribution >= 0.6 is 0 Å². The van der Waals surface area contributed by atoms with Crippen LogP contribution in [0.3, 0.4) is 0 Å². The fraction of sp³-hybridized carbons (Fsp3) is 0.478. The molecule has 1 fully saturated rings. The normalized spacial score (nSPS) is 18.0. The zero-order valence-electron chi connectivity index (χ0n) is 17.4. The number of benzene rings is 1. The van der Waals surface area contributed by atoms with E-state index in [0.29, 0.717) is 29.7 Å². The number of ether oxygens (including phenoxy) is 3. The third-order valence-electron chi connectivity index (χ3n) is 5.63. The van der Waals surface area contributed by atoms with Gasteiger partial charge in [-0.25, -0.2) is 0 Å².